The Morgan fingerprint density at radius 2 is 1.74 bits per heavy atom. The van der Waals surface area contributed by atoms with Gasteiger partial charge in [0.2, 0.25) is 5.82 Å². The van der Waals surface area contributed by atoms with Gasteiger partial charge in [-0.1, -0.05) is 48.5 Å². The number of tetrazole rings is 1. The molecule has 2 heterocycles. The highest BCUT2D eigenvalue weighted by Gasteiger charge is 2.10. The fraction of sp³-hybridized carbons (Fsp3) is 0.0588. The minimum Gasteiger partial charge on any atom is -0.197 e. The minimum atomic E-state index is 0.604. The Hall–Kier alpha value is -2.86. The predicted octanol–water partition coefficient (Wildman–Crippen LogP) is 3.58. The number of nitrogens with zero attached hydrogens (tertiary/aromatic N) is 4. The van der Waals surface area contributed by atoms with Gasteiger partial charge >= 0.3 is 0 Å². The van der Waals surface area contributed by atoms with Crippen LogP contribution in [0.25, 0.3) is 22.5 Å². The highest BCUT2D eigenvalue weighted by atomic mass is 32.1. The van der Waals surface area contributed by atoms with E-state index < -0.39 is 0 Å². The second-order valence-corrected chi connectivity index (χ2v) is 5.81. The molecule has 0 fully saturated rings. The van der Waals surface area contributed by atoms with Crippen molar-refractivity contribution in [2.75, 3.05) is 0 Å². The lowest BCUT2D eigenvalue weighted by Crippen LogP contribution is -1.90. The molecule has 1 N–H and O–H groups in total. The second-order valence-electron chi connectivity index (χ2n) is 5.15. The summed E-state index contributed by atoms with van der Waals surface area (Å²) in [6, 6.07) is 18.7. The number of hydrogen-bond acceptors (Lipinski definition) is 5. The van der Waals surface area contributed by atoms with E-state index in [1.165, 1.54) is 17.1 Å². The Morgan fingerprint density at radius 3 is 2.43 bits per heavy atom. The Labute approximate surface area is 137 Å². The first-order valence-electron chi connectivity index (χ1n) is 7.21. The van der Waals surface area contributed by atoms with Crippen molar-refractivity contribution >= 4 is 11.5 Å². The maximum absolute atomic E-state index is 4.35. The molecule has 0 saturated carbocycles. The molecular weight excluding hydrogens is 306 g/mol. The van der Waals surface area contributed by atoms with Gasteiger partial charge in [0.25, 0.3) is 0 Å². The Balaban J connectivity index is 1.66. The van der Waals surface area contributed by atoms with E-state index in [1.807, 2.05) is 23.6 Å². The molecule has 0 radical (unpaired) electrons. The highest BCUT2D eigenvalue weighted by molar-refractivity contribution is 7.03. The number of aromatic nitrogens is 5. The van der Waals surface area contributed by atoms with Crippen molar-refractivity contribution in [2.45, 2.75) is 6.42 Å². The number of rotatable bonds is 4. The number of nitrogens with one attached hydrogen (secondary N) is 1. The van der Waals surface area contributed by atoms with Gasteiger partial charge in [-0.05, 0) is 39.5 Å². The molecule has 5 nitrogen and oxygen atoms in total. The summed E-state index contributed by atoms with van der Waals surface area (Å²) in [7, 11) is 0. The van der Waals surface area contributed by atoms with Gasteiger partial charge in [-0.3, -0.25) is 0 Å². The first kappa shape index (κ1) is 13.8. The van der Waals surface area contributed by atoms with Crippen molar-refractivity contribution in [3.8, 4) is 22.5 Å². The molecule has 6 heteroatoms. The van der Waals surface area contributed by atoms with Gasteiger partial charge in [-0.25, -0.2) is 0 Å². The second kappa shape index (κ2) is 6.10. The molecule has 0 aliphatic rings. The molecule has 0 saturated heterocycles. The van der Waals surface area contributed by atoms with E-state index in [2.05, 4.69) is 61.4 Å². The van der Waals surface area contributed by atoms with Crippen LogP contribution in [0.5, 0.6) is 0 Å². The topological polar surface area (TPSA) is 67.3 Å². The fourth-order valence-electron chi connectivity index (χ4n) is 2.55. The molecule has 23 heavy (non-hydrogen) atoms. The van der Waals surface area contributed by atoms with E-state index in [1.54, 1.807) is 0 Å². The van der Waals surface area contributed by atoms with Gasteiger partial charge < -0.3 is 0 Å². The quantitative estimate of drug-likeness (QED) is 0.624. The lowest BCUT2D eigenvalue weighted by molar-refractivity contribution is 0.881. The standard InChI is InChI=1S/C17H13N5S/c1-2-4-16(17-18-21-22-19-17)15(3-1)13-7-5-12(6-8-13)11-14-9-10-23-20-14/h1-10H,11H2,(H,18,19,21,22). The molecule has 112 valence electrons. The van der Waals surface area contributed by atoms with E-state index in [0.717, 1.165) is 28.8 Å². The Kier molecular flexibility index (Phi) is 3.65. The fourth-order valence-corrected chi connectivity index (χ4v) is 3.09. The van der Waals surface area contributed by atoms with Crippen molar-refractivity contribution in [3.05, 3.63) is 71.2 Å². The summed E-state index contributed by atoms with van der Waals surface area (Å²) in [5.74, 6) is 0.604. The molecule has 2 aromatic carbocycles. The lowest BCUT2D eigenvalue weighted by atomic mass is 9.97. The van der Waals surface area contributed by atoms with E-state index in [-0.39, 0.29) is 0 Å². The van der Waals surface area contributed by atoms with Crippen molar-refractivity contribution < 1.29 is 0 Å². The third-order valence-corrected chi connectivity index (χ3v) is 4.25. The molecule has 0 amide bonds. The van der Waals surface area contributed by atoms with Crippen LogP contribution in [-0.2, 0) is 6.42 Å². The van der Waals surface area contributed by atoms with Crippen molar-refractivity contribution in [1.82, 2.24) is 25.0 Å². The van der Waals surface area contributed by atoms with Gasteiger partial charge in [0.1, 0.15) is 0 Å². The molecule has 0 unspecified atom stereocenters. The third-order valence-electron chi connectivity index (χ3n) is 3.65. The monoisotopic (exact) mass is 319 g/mol. The molecule has 0 bridgehead atoms. The SMILES string of the molecule is c1ccc(-c2nn[nH]n2)c(-c2ccc(Cc3ccsn3)cc2)c1. The van der Waals surface area contributed by atoms with Gasteiger partial charge in [0.05, 0.1) is 5.69 Å². The highest BCUT2D eigenvalue weighted by Crippen LogP contribution is 2.29. The predicted molar refractivity (Wildman–Crippen MR) is 90.0 cm³/mol. The minimum absolute atomic E-state index is 0.604. The smallest absolute Gasteiger partial charge is 0.197 e. The first-order valence-corrected chi connectivity index (χ1v) is 8.05. The molecule has 0 spiro atoms. The summed E-state index contributed by atoms with van der Waals surface area (Å²) in [6.07, 6.45) is 0.857. The summed E-state index contributed by atoms with van der Waals surface area (Å²) >= 11 is 1.49. The first-order chi connectivity index (χ1) is 11.4. The average molecular weight is 319 g/mol. The largest absolute Gasteiger partial charge is 0.205 e. The zero-order valence-electron chi connectivity index (χ0n) is 12.2. The number of aromatic amines is 1. The zero-order valence-corrected chi connectivity index (χ0v) is 13.0. The van der Waals surface area contributed by atoms with Crippen molar-refractivity contribution in [1.29, 1.82) is 0 Å². The van der Waals surface area contributed by atoms with Crippen molar-refractivity contribution in [3.63, 3.8) is 0 Å². The van der Waals surface area contributed by atoms with E-state index in [9.17, 15) is 0 Å². The van der Waals surface area contributed by atoms with Crippen LogP contribution in [0.15, 0.2) is 60.0 Å². The average Bonchev–Trinajstić information content (AvgIpc) is 3.29. The van der Waals surface area contributed by atoms with Crippen LogP contribution < -0.4 is 0 Å². The summed E-state index contributed by atoms with van der Waals surface area (Å²) in [5, 5.41) is 16.3. The Bertz CT molecular complexity index is 883. The summed E-state index contributed by atoms with van der Waals surface area (Å²) in [4.78, 5) is 0. The van der Waals surface area contributed by atoms with Crippen LogP contribution >= 0.6 is 11.5 Å². The van der Waals surface area contributed by atoms with Crippen LogP contribution in [0.4, 0.5) is 0 Å². The van der Waals surface area contributed by atoms with Gasteiger partial charge in [-0.2, -0.15) is 9.59 Å². The maximum Gasteiger partial charge on any atom is 0.205 e. The lowest BCUT2D eigenvalue weighted by Gasteiger charge is -2.07. The molecule has 0 atom stereocenters. The van der Waals surface area contributed by atoms with Crippen molar-refractivity contribution in [2.24, 2.45) is 0 Å². The molecule has 4 rings (SSSR count). The Morgan fingerprint density at radius 1 is 0.913 bits per heavy atom. The summed E-state index contributed by atoms with van der Waals surface area (Å²) < 4.78 is 4.35. The molecule has 0 aliphatic carbocycles. The number of hydrogen-bond donors (Lipinski definition) is 1. The zero-order chi connectivity index (χ0) is 15.5. The van der Waals surface area contributed by atoms with Gasteiger partial charge in [0.15, 0.2) is 0 Å². The molecule has 4 aromatic rings. The van der Waals surface area contributed by atoms with Crippen LogP contribution in [0.3, 0.4) is 0 Å². The number of benzene rings is 2. The van der Waals surface area contributed by atoms with Crippen LogP contribution in [0.1, 0.15) is 11.3 Å². The maximum atomic E-state index is 4.35. The van der Waals surface area contributed by atoms with Crippen LogP contribution in [0.2, 0.25) is 0 Å². The van der Waals surface area contributed by atoms with E-state index >= 15 is 0 Å². The normalized spacial score (nSPS) is 10.8. The van der Waals surface area contributed by atoms with Gasteiger partial charge in [0, 0.05) is 17.4 Å². The molecule has 2 aromatic heterocycles. The summed E-state index contributed by atoms with van der Waals surface area (Å²) in [5.41, 5.74) is 5.54. The number of H-pyrrole nitrogens is 1. The van der Waals surface area contributed by atoms with Gasteiger partial charge in [-0.15, -0.1) is 10.2 Å². The third kappa shape index (κ3) is 2.89. The van der Waals surface area contributed by atoms with Crippen LogP contribution in [-0.4, -0.2) is 25.0 Å². The van der Waals surface area contributed by atoms with Crippen LogP contribution in [0, 0.1) is 0 Å². The molecule has 0 aliphatic heterocycles. The van der Waals surface area contributed by atoms with E-state index in [4.69, 9.17) is 0 Å². The molecular formula is C17H13N5S. The summed E-state index contributed by atoms with van der Waals surface area (Å²) in [6.45, 7) is 0. The van der Waals surface area contributed by atoms with E-state index in [0.29, 0.717) is 5.82 Å².